The summed E-state index contributed by atoms with van der Waals surface area (Å²) in [5.74, 6) is -0.972. The van der Waals surface area contributed by atoms with E-state index in [0.29, 0.717) is 5.52 Å². The van der Waals surface area contributed by atoms with Crippen LogP contribution in [0.4, 0.5) is 0 Å². The van der Waals surface area contributed by atoms with Gasteiger partial charge in [-0.25, -0.2) is 9.78 Å². The quantitative estimate of drug-likeness (QED) is 0.868. The minimum absolute atomic E-state index is 0.00259. The van der Waals surface area contributed by atoms with Crippen molar-refractivity contribution < 1.29 is 15.0 Å². The molecule has 5 nitrogen and oxygen atoms in total. The number of para-hydroxylation sites is 1. The highest BCUT2D eigenvalue weighted by atomic mass is 16.4. The maximum absolute atomic E-state index is 11.2. The van der Waals surface area contributed by atoms with Crippen molar-refractivity contribution in [2.24, 2.45) is 0 Å². The number of carboxylic acids is 1. The van der Waals surface area contributed by atoms with Gasteiger partial charge in [-0.15, -0.1) is 0 Å². The fraction of sp³-hybridized carbons (Fsp3) is 0.429. The molecule has 0 spiro atoms. The van der Waals surface area contributed by atoms with Gasteiger partial charge in [0.05, 0.1) is 29.6 Å². The first-order valence-corrected chi connectivity index (χ1v) is 6.55. The molecule has 5 heteroatoms. The van der Waals surface area contributed by atoms with Gasteiger partial charge in [-0.2, -0.15) is 0 Å². The van der Waals surface area contributed by atoms with Crippen LogP contribution in [-0.2, 0) is 0 Å². The average molecular weight is 260 g/mol. The van der Waals surface area contributed by atoms with Gasteiger partial charge in [0.2, 0.25) is 0 Å². The molecular formula is C14H16N2O3. The Bertz CT molecular complexity index is 620. The number of imidazole rings is 1. The molecule has 1 heterocycles. The number of hydrogen-bond donors (Lipinski definition) is 2. The van der Waals surface area contributed by atoms with E-state index in [0.717, 1.165) is 31.2 Å². The van der Waals surface area contributed by atoms with E-state index >= 15 is 0 Å². The average Bonchev–Trinajstić information content (AvgIpc) is 2.82. The third kappa shape index (κ3) is 2.00. The topological polar surface area (TPSA) is 75.3 Å². The third-order valence-electron chi connectivity index (χ3n) is 3.89. The van der Waals surface area contributed by atoms with Gasteiger partial charge in [0.25, 0.3) is 0 Å². The van der Waals surface area contributed by atoms with E-state index in [4.69, 9.17) is 5.11 Å². The van der Waals surface area contributed by atoms with Gasteiger partial charge in [-0.3, -0.25) is 0 Å². The first kappa shape index (κ1) is 12.2. The summed E-state index contributed by atoms with van der Waals surface area (Å²) in [6.45, 7) is 0. The van der Waals surface area contributed by atoms with E-state index in [1.54, 1.807) is 18.5 Å². The molecule has 3 rings (SSSR count). The second-order valence-corrected chi connectivity index (χ2v) is 5.05. The van der Waals surface area contributed by atoms with Gasteiger partial charge in [0.1, 0.15) is 5.52 Å². The summed E-state index contributed by atoms with van der Waals surface area (Å²) in [7, 11) is 0. The molecule has 100 valence electrons. The predicted octanol–water partition coefficient (Wildman–Crippen LogP) is 2.21. The number of carboxylic acid groups (broad SMARTS) is 1. The number of aromatic carboxylic acids is 1. The van der Waals surface area contributed by atoms with E-state index in [1.165, 1.54) is 0 Å². The first-order valence-electron chi connectivity index (χ1n) is 6.55. The molecule has 2 N–H and O–H groups in total. The van der Waals surface area contributed by atoms with Crippen molar-refractivity contribution >= 4 is 17.0 Å². The van der Waals surface area contributed by atoms with E-state index in [9.17, 15) is 9.90 Å². The van der Waals surface area contributed by atoms with Crippen LogP contribution >= 0.6 is 0 Å². The van der Waals surface area contributed by atoms with Gasteiger partial charge in [-0.1, -0.05) is 18.9 Å². The highest BCUT2D eigenvalue weighted by Gasteiger charge is 2.26. The Kier molecular flexibility index (Phi) is 2.98. The molecule has 2 aromatic rings. The van der Waals surface area contributed by atoms with Crippen LogP contribution in [-0.4, -0.2) is 31.8 Å². The number of nitrogens with zero attached hydrogens (tertiary/aromatic N) is 2. The largest absolute Gasteiger partial charge is 0.478 e. The molecule has 1 fully saturated rings. The molecule has 1 saturated carbocycles. The minimum atomic E-state index is -0.972. The van der Waals surface area contributed by atoms with Gasteiger partial charge in [0, 0.05) is 0 Å². The zero-order valence-corrected chi connectivity index (χ0v) is 10.5. The lowest BCUT2D eigenvalue weighted by atomic mass is 9.92. The van der Waals surface area contributed by atoms with Crippen LogP contribution in [0.25, 0.3) is 11.0 Å². The van der Waals surface area contributed by atoms with Crippen LogP contribution in [0.15, 0.2) is 24.5 Å². The number of benzene rings is 1. The normalized spacial score (nSPS) is 23.6. The maximum Gasteiger partial charge on any atom is 0.337 e. The summed E-state index contributed by atoms with van der Waals surface area (Å²) in [5.41, 5.74) is 1.49. The number of rotatable bonds is 2. The van der Waals surface area contributed by atoms with Crippen molar-refractivity contribution in [1.82, 2.24) is 9.55 Å². The van der Waals surface area contributed by atoms with Gasteiger partial charge < -0.3 is 14.8 Å². The molecule has 0 aliphatic heterocycles. The summed E-state index contributed by atoms with van der Waals surface area (Å²) >= 11 is 0. The SMILES string of the molecule is O=C(O)c1cccc2c1ncn2C1CCCCC1O. The maximum atomic E-state index is 11.2. The van der Waals surface area contributed by atoms with Crippen molar-refractivity contribution in [3.8, 4) is 0 Å². The predicted molar refractivity (Wildman–Crippen MR) is 70.2 cm³/mol. The summed E-state index contributed by atoms with van der Waals surface area (Å²) in [5, 5.41) is 19.3. The van der Waals surface area contributed by atoms with E-state index < -0.39 is 5.97 Å². The smallest absolute Gasteiger partial charge is 0.337 e. The first-order chi connectivity index (χ1) is 9.18. The number of carbonyl (C=O) groups is 1. The van der Waals surface area contributed by atoms with Gasteiger partial charge in [-0.05, 0) is 25.0 Å². The molecule has 0 bridgehead atoms. The van der Waals surface area contributed by atoms with Crippen LogP contribution in [0.1, 0.15) is 42.1 Å². The lowest BCUT2D eigenvalue weighted by Crippen LogP contribution is -2.27. The Hall–Kier alpha value is -1.88. The van der Waals surface area contributed by atoms with Crippen molar-refractivity contribution in [2.75, 3.05) is 0 Å². The lowest BCUT2D eigenvalue weighted by molar-refractivity contribution is 0.0699. The number of hydrogen-bond acceptors (Lipinski definition) is 3. The molecule has 1 aromatic heterocycles. The molecule has 1 aliphatic carbocycles. The van der Waals surface area contributed by atoms with Gasteiger partial charge >= 0.3 is 5.97 Å². The number of aliphatic hydroxyl groups excluding tert-OH is 1. The Morgan fingerprint density at radius 1 is 1.32 bits per heavy atom. The van der Waals surface area contributed by atoms with Crippen LogP contribution < -0.4 is 0 Å². The zero-order chi connectivity index (χ0) is 13.4. The van der Waals surface area contributed by atoms with Crippen LogP contribution in [0.5, 0.6) is 0 Å². The van der Waals surface area contributed by atoms with Gasteiger partial charge in [0.15, 0.2) is 0 Å². The molecule has 1 aliphatic rings. The fourth-order valence-electron chi connectivity index (χ4n) is 2.91. The Morgan fingerprint density at radius 3 is 2.84 bits per heavy atom. The van der Waals surface area contributed by atoms with Crippen molar-refractivity contribution in [1.29, 1.82) is 0 Å². The Morgan fingerprint density at radius 2 is 2.11 bits per heavy atom. The number of fused-ring (bicyclic) bond motifs is 1. The molecular weight excluding hydrogens is 244 g/mol. The standard InChI is InChI=1S/C14H16N2O3/c17-12-7-2-1-5-10(12)16-8-15-13-9(14(18)19)4-3-6-11(13)16/h3-4,6,8,10,12,17H,1-2,5,7H2,(H,18,19). The highest BCUT2D eigenvalue weighted by molar-refractivity contribution is 6.00. The summed E-state index contributed by atoms with van der Waals surface area (Å²) in [6, 6.07) is 5.14. The van der Waals surface area contributed by atoms with Crippen LogP contribution in [0, 0.1) is 0 Å². The van der Waals surface area contributed by atoms with Crippen molar-refractivity contribution in [3.63, 3.8) is 0 Å². The third-order valence-corrected chi connectivity index (χ3v) is 3.89. The van der Waals surface area contributed by atoms with Crippen LogP contribution in [0.3, 0.4) is 0 Å². The second-order valence-electron chi connectivity index (χ2n) is 5.05. The van der Waals surface area contributed by atoms with E-state index in [-0.39, 0.29) is 17.7 Å². The number of aromatic nitrogens is 2. The monoisotopic (exact) mass is 260 g/mol. The fourth-order valence-corrected chi connectivity index (χ4v) is 2.91. The molecule has 19 heavy (non-hydrogen) atoms. The molecule has 1 aromatic carbocycles. The Labute approximate surface area is 110 Å². The lowest BCUT2D eigenvalue weighted by Gasteiger charge is -2.29. The molecule has 0 radical (unpaired) electrons. The second kappa shape index (κ2) is 4.66. The van der Waals surface area contributed by atoms with Crippen LogP contribution in [0.2, 0.25) is 0 Å². The van der Waals surface area contributed by atoms with E-state index in [1.807, 2.05) is 10.6 Å². The summed E-state index contributed by atoms with van der Waals surface area (Å²) < 4.78 is 1.92. The van der Waals surface area contributed by atoms with Crippen molar-refractivity contribution in [3.05, 3.63) is 30.1 Å². The summed E-state index contributed by atoms with van der Waals surface area (Å²) in [6.07, 6.45) is 5.10. The number of aliphatic hydroxyl groups is 1. The zero-order valence-electron chi connectivity index (χ0n) is 10.5. The Balaban J connectivity index is 2.10. The molecule has 0 saturated heterocycles. The molecule has 2 unspecified atom stereocenters. The summed E-state index contributed by atoms with van der Waals surface area (Å²) in [4.78, 5) is 15.4. The highest BCUT2D eigenvalue weighted by Crippen LogP contribution is 2.31. The van der Waals surface area contributed by atoms with E-state index in [2.05, 4.69) is 4.98 Å². The minimum Gasteiger partial charge on any atom is -0.478 e. The van der Waals surface area contributed by atoms with Crippen molar-refractivity contribution in [2.45, 2.75) is 37.8 Å². The molecule has 0 amide bonds. The molecule has 2 atom stereocenters.